The second-order valence-electron chi connectivity index (χ2n) is 10.8. The van der Waals surface area contributed by atoms with Gasteiger partial charge in [-0.3, -0.25) is 9.69 Å². The fourth-order valence-corrected chi connectivity index (χ4v) is 7.27. The van der Waals surface area contributed by atoms with Crippen molar-refractivity contribution in [1.82, 2.24) is 9.88 Å². The number of amides is 1. The first-order chi connectivity index (χ1) is 17.3. The maximum atomic E-state index is 12.9. The van der Waals surface area contributed by atoms with Crippen LogP contribution in [0.15, 0.2) is 36.5 Å². The second kappa shape index (κ2) is 9.37. The lowest BCUT2D eigenvalue weighted by molar-refractivity contribution is -0.117. The Morgan fingerprint density at radius 2 is 2.06 bits per heavy atom. The molecule has 6 nitrogen and oxygen atoms in total. The number of aliphatic hydroxyl groups is 1. The fraction of sp³-hybridized carbons (Fsp3) is 0.500. The van der Waals surface area contributed by atoms with E-state index < -0.39 is 6.10 Å². The van der Waals surface area contributed by atoms with Crippen molar-refractivity contribution < 1.29 is 14.6 Å². The van der Waals surface area contributed by atoms with Gasteiger partial charge >= 0.3 is 0 Å². The van der Waals surface area contributed by atoms with Gasteiger partial charge in [-0.25, -0.2) is 4.98 Å². The summed E-state index contributed by atoms with van der Waals surface area (Å²) in [6.45, 7) is 6.99. The van der Waals surface area contributed by atoms with Crippen LogP contribution in [0.3, 0.4) is 0 Å². The number of likely N-dealkylation sites (tertiary alicyclic amines) is 1. The Bertz CT molecular complexity index is 1300. The SMILES string of the molecule is Cc1ccc([C@H]2C[C@@H]2C(=O)Nc2cc3cc(C4CCN([C@]5(C)COC[C@@H]5O)CC4)c(Cl)cc3cn2)s1. The van der Waals surface area contributed by atoms with Crippen LogP contribution < -0.4 is 5.32 Å². The van der Waals surface area contributed by atoms with Gasteiger partial charge in [0.1, 0.15) is 5.82 Å². The van der Waals surface area contributed by atoms with Gasteiger partial charge in [0.25, 0.3) is 0 Å². The number of fused-ring (bicyclic) bond motifs is 1. The molecule has 4 atom stereocenters. The van der Waals surface area contributed by atoms with Gasteiger partial charge in [0.15, 0.2) is 0 Å². The number of thiophene rings is 1. The summed E-state index contributed by atoms with van der Waals surface area (Å²) in [4.78, 5) is 22.3. The molecule has 3 aliphatic rings. The van der Waals surface area contributed by atoms with Crippen LogP contribution in [0.25, 0.3) is 10.8 Å². The van der Waals surface area contributed by atoms with Crippen molar-refractivity contribution in [3.63, 3.8) is 0 Å². The topological polar surface area (TPSA) is 74.7 Å². The number of hydrogen-bond donors (Lipinski definition) is 2. The van der Waals surface area contributed by atoms with Gasteiger partial charge in [0.05, 0.1) is 24.9 Å². The molecular formula is C28H32ClN3O3S. The Morgan fingerprint density at radius 1 is 1.25 bits per heavy atom. The standard InChI is InChI=1S/C28H32ClN3O3S/c1-16-3-4-24(36-16)21-12-22(21)27(34)31-26-11-18-9-20(23(29)10-19(18)13-30-26)17-5-7-32(8-6-17)28(2)15-35-14-25(28)33/h3-4,9-11,13,17,21-22,25,33H,5-8,12,14-15H2,1-2H3,(H,30,31,34)/t21-,22-,25-,28+/m0/s1. The number of ether oxygens (including phenoxy) is 1. The average molecular weight is 526 g/mol. The molecule has 2 saturated heterocycles. The maximum absolute atomic E-state index is 12.9. The van der Waals surface area contributed by atoms with Gasteiger partial charge in [-0.15, -0.1) is 11.3 Å². The van der Waals surface area contributed by atoms with Crippen LogP contribution in [0.2, 0.25) is 5.02 Å². The number of nitrogens with zero attached hydrogens (tertiary/aromatic N) is 2. The summed E-state index contributed by atoms with van der Waals surface area (Å²) >= 11 is 8.51. The molecule has 1 aromatic carbocycles. The lowest BCUT2D eigenvalue weighted by Crippen LogP contribution is -2.56. The van der Waals surface area contributed by atoms with Gasteiger partial charge in [-0.1, -0.05) is 11.6 Å². The number of benzene rings is 1. The van der Waals surface area contributed by atoms with E-state index in [0.29, 0.717) is 30.9 Å². The molecule has 1 aliphatic carbocycles. The monoisotopic (exact) mass is 525 g/mol. The lowest BCUT2D eigenvalue weighted by atomic mass is 9.85. The van der Waals surface area contributed by atoms with E-state index >= 15 is 0 Å². The Hall–Kier alpha value is -2.03. The number of carbonyl (C=O) groups is 1. The number of anilines is 1. The molecule has 8 heteroatoms. The number of halogens is 1. The number of aromatic nitrogens is 1. The first kappa shape index (κ1) is 24.3. The van der Waals surface area contributed by atoms with E-state index in [2.05, 4.69) is 47.2 Å². The molecule has 6 rings (SSSR count). The van der Waals surface area contributed by atoms with Crippen LogP contribution in [-0.4, -0.2) is 58.8 Å². The molecule has 36 heavy (non-hydrogen) atoms. The highest BCUT2D eigenvalue weighted by Gasteiger charge is 2.46. The van der Waals surface area contributed by atoms with E-state index in [4.69, 9.17) is 16.3 Å². The minimum absolute atomic E-state index is 0.0251. The Labute approximate surface area is 220 Å². The molecule has 3 aromatic rings. The van der Waals surface area contributed by atoms with Crippen LogP contribution in [0, 0.1) is 12.8 Å². The summed E-state index contributed by atoms with van der Waals surface area (Å²) < 4.78 is 5.54. The van der Waals surface area contributed by atoms with Crippen molar-refractivity contribution in [2.45, 2.75) is 56.6 Å². The number of aryl methyl sites for hydroxylation is 1. The molecule has 0 bridgehead atoms. The third kappa shape index (κ3) is 4.45. The molecule has 3 fully saturated rings. The number of carbonyl (C=O) groups excluding carboxylic acids is 1. The van der Waals surface area contributed by atoms with Crippen molar-refractivity contribution in [3.8, 4) is 0 Å². The van der Waals surface area contributed by atoms with Crippen LogP contribution in [-0.2, 0) is 9.53 Å². The van der Waals surface area contributed by atoms with Gasteiger partial charge < -0.3 is 15.2 Å². The molecule has 4 heterocycles. The van der Waals surface area contributed by atoms with E-state index in [9.17, 15) is 9.90 Å². The highest BCUT2D eigenvalue weighted by molar-refractivity contribution is 7.12. The molecule has 2 N–H and O–H groups in total. The fourth-order valence-electron chi connectivity index (χ4n) is 5.89. The van der Waals surface area contributed by atoms with E-state index in [1.807, 2.05) is 12.1 Å². The van der Waals surface area contributed by atoms with Crippen molar-refractivity contribution in [1.29, 1.82) is 0 Å². The van der Waals surface area contributed by atoms with Gasteiger partial charge in [0.2, 0.25) is 5.91 Å². The van der Waals surface area contributed by atoms with Gasteiger partial charge in [-0.05, 0) is 93.4 Å². The largest absolute Gasteiger partial charge is 0.389 e. The number of piperidine rings is 1. The predicted molar refractivity (Wildman–Crippen MR) is 144 cm³/mol. The Kier molecular flexibility index (Phi) is 6.33. The zero-order valence-corrected chi connectivity index (χ0v) is 22.2. The number of rotatable bonds is 5. The molecule has 0 radical (unpaired) electrons. The smallest absolute Gasteiger partial charge is 0.229 e. The van der Waals surface area contributed by atoms with E-state index in [0.717, 1.165) is 53.7 Å². The Morgan fingerprint density at radius 3 is 2.75 bits per heavy atom. The van der Waals surface area contributed by atoms with Gasteiger partial charge in [-0.2, -0.15) is 0 Å². The van der Waals surface area contributed by atoms with Crippen LogP contribution >= 0.6 is 22.9 Å². The molecule has 190 valence electrons. The lowest BCUT2D eigenvalue weighted by Gasteiger charge is -2.43. The molecule has 1 saturated carbocycles. The maximum Gasteiger partial charge on any atom is 0.229 e. The van der Waals surface area contributed by atoms with Crippen molar-refractivity contribution >= 4 is 45.4 Å². The van der Waals surface area contributed by atoms with E-state index in [1.165, 1.54) is 9.75 Å². The minimum atomic E-state index is -0.445. The molecule has 2 aliphatic heterocycles. The number of aliphatic hydroxyl groups excluding tert-OH is 1. The summed E-state index contributed by atoms with van der Waals surface area (Å²) in [6, 6.07) is 10.4. The average Bonchev–Trinajstić information content (AvgIpc) is 3.44. The number of pyridine rings is 1. The molecule has 2 aromatic heterocycles. The van der Waals surface area contributed by atoms with E-state index in [-0.39, 0.29) is 17.4 Å². The van der Waals surface area contributed by atoms with Crippen LogP contribution in [0.5, 0.6) is 0 Å². The summed E-state index contributed by atoms with van der Waals surface area (Å²) in [5.74, 6) is 1.35. The number of nitrogens with one attached hydrogen (secondary N) is 1. The Balaban J connectivity index is 1.15. The summed E-state index contributed by atoms with van der Waals surface area (Å²) in [5.41, 5.74) is 0.843. The summed E-state index contributed by atoms with van der Waals surface area (Å²) in [7, 11) is 0. The first-order valence-corrected chi connectivity index (χ1v) is 14.0. The molecule has 0 spiro atoms. The van der Waals surface area contributed by atoms with Crippen LogP contribution in [0.4, 0.5) is 5.82 Å². The third-order valence-electron chi connectivity index (χ3n) is 8.39. The van der Waals surface area contributed by atoms with Gasteiger partial charge in [0, 0.05) is 38.2 Å². The van der Waals surface area contributed by atoms with E-state index in [1.54, 1.807) is 17.5 Å². The van der Waals surface area contributed by atoms with Crippen molar-refractivity contribution in [3.05, 3.63) is 56.9 Å². The predicted octanol–water partition coefficient (Wildman–Crippen LogP) is 5.33. The molecule has 1 amide bonds. The zero-order valence-electron chi connectivity index (χ0n) is 20.7. The molecule has 0 unspecified atom stereocenters. The highest BCUT2D eigenvalue weighted by atomic mass is 35.5. The second-order valence-corrected chi connectivity index (χ2v) is 12.6. The third-order valence-corrected chi connectivity index (χ3v) is 9.85. The van der Waals surface area contributed by atoms with Crippen LogP contribution in [0.1, 0.15) is 53.3 Å². The zero-order chi connectivity index (χ0) is 25.0. The normalized spacial score (nSPS) is 29.1. The highest BCUT2D eigenvalue weighted by Crippen LogP contribution is 2.50. The quantitative estimate of drug-likeness (QED) is 0.471. The minimum Gasteiger partial charge on any atom is -0.389 e. The first-order valence-electron chi connectivity index (χ1n) is 12.8. The van der Waals surface area contributed by atoms with Crippen molar-refractivity contribution in [2.75, 3.05) is 31.6 Å². The van der Waals surface area contributed by atoms with Crippen molar-refractivity contribution in [2.24, 2.45) is 5.92 Å². The number of hydrogen-bond acceptors (Lipinski definition) is 6. The summed E-state index contributed by atoms with van der Waals surface area (Å²) in [5, 5.41) is 16.2. The summed E-state index contributed by atoms with van der Waals surface area (Å²) in [6.07, 6.45) is 4.21. The molecular weight excluding hydrogens is 494 g/mol.